The molecule has 1 N–H and O–H groups in total. The van der Waals surface area contributed by atoms with Gasteiger partial charge in [-0.2, -0.15) is 0 Å². The lowest BCUT2D eigenvalue weighted by Gasteiger charge is -2.36. The van der Waals surface area contributed by atoms with E-state index in [1.54, 1.807) is 0 Å². The van der Waals surface area contributed by atoms with Crippen molar-refractivity contribution in [2.45, 2.75) is 37.1 Å². The Morgan fingerprint density at radius 2 is 2.30 bits per heavy atom. The van der Waals surface area contributed by atoms with Gasteiger partial charge in [-0.1, -0.05) is 22.0 Å². The molecule has 0 aliphatic heterocycles. The van der Waals surface area contributed by atoms with Crippen LogP contribution in [0, 0.1) is 5.92 Å². The van der Waals surface area contributed by atoms with Gasteiger partial charge in [0.15, 0.2) is 5.58 Å². The van der Waals surface area contributed by atoms with Gasteiger partial charge >= 0.3 is 5.76 Å². The number of rotatable bonds is 5. The summed E-state index contributed by atoms with van der Waals surface area (Å²) in [6.07, 6.45) is 3.84. The van der Waals surface area contributed by atoms with Crippen LogP contribution in [0.3, 0.4) is 0 Å². The molecule has 0 spiro atoms. The highest BCUT2D eigenvalue weighted by Crippen LogP contribution is 2.40. The van der Waals surface area contributed by atoms with E-state index in [1.165, 1.54) is 0 Å². The van der Waals surface area contributed by atoms with Gasteiger partial charge in [0.2, 0.25) is 0 Å². The smallest absolute Gasteiger partial charge is 0.408 e. The molecular weight excluding hydrogens is 322 g/mol. The minimum Gasteiger partial charge on any atom is -0.408 e. The quantitative estimate of drug-likeness (QED) is 0.843. The fourth-order valence-electron chi connectivity index (χ4n) is 2.82. The van der Waals surface area contributed by atoms with Crippen LogP contribution < -0.4 is 5.76 Å². The van der Waals surface area contributed by atoms with Crippen LogP contribution >= 0.6 is 15.9 Å². The average Bonchev–Trinajstić information content (AvgIpc) is 2.75. The molecular formula is C15H18BrNO3. The molecule has 1 saturated carbocycles. The number of hydrogen-bond donors (Lipinski definition) is 1. The van der Waals surface area contributed by atoms with Crippen LogP contribution in [-0.4, -0.2) is 17.7 Å². The summed E-state index contributed by atoms with van der Waals surface area (Å²) >= 11 is 3.74. The summed E-state index contributed by atoms with van der Waals surface area (Å²) in [5, 5.41) is 0. The molecule has 20 heavy (non-hydrogen) atoms. The SMILES string of the molecule is CCOC1CC(CC(Br)c2ccc3[nH]c(=O)oc3c2)C1. The summed E-state index contributed by atoms with van der Waals surface area (Å²) in [5.74, 6) is 0.312. The van der Waals surface area contributed by atoms with Crippen molar-refractivity contribution in [1.82, 2.24) is 4.98 Å². The van der Waals surface area contributed by atoms with Crippen LogP contribution in [0.4, 0.5) is 0 Å². The highest BCUT2D eigenvalue weighted by atomic mass is 79.9. The van der Waals surface area contributed by atoms with Gasteiger partial charge in [0.1, 0.15) is 0 Å². The van der Waals surface area contributed by atoms with Gasteiger partial charge in [-0.05, 0) is 49.8 Å². The van der Waals surface area contributed by atoms with E-state index < -0.39 is 5.76 Å². The minimum absolute atomic E-state index is 0.291. The molecule has 0 amide bonds. The average molecular weight is 340 g/mol. The Kier molecular flexibility index (Phi) is 3.98. The van der Waals surface area contributed by atoms with Crippen LogP contribution in [0.2, 0.25) is 0 Å². The van der Waals surface area contributed by atoms with E-state index in [4.69, 9.17) is 9.15 Å². The van der Waals surface area contributed by atoms with Crippen LogP contribution in [0.25, 0.3) is 11.1 Å². The first-order chi connectivity index (χ1) is 9.65. The number of aromatic amines is 1. The Labute approximate surface area is 125 Å². The maximum Gasteiger partial charge on any atom is 0.417 e. The van der Waals surface area contributed by atoms with Crippen molar-refractivity contribution in [1.29, 1.82) is 0 Å². The number of halogens is 1. The molecule has 1 aliphatic rings. The highest BCUT2D eigenvalue weighted by molar-refractivity contribution is 9.09. The minimum atomic E-state index is -0.401. The molecule has 2 aromatic rings. The Bertz CT molecular complexity index is 642. The van der Waals surface area contributed by atoms with Gasteiger partial charge in [-0.15, -0.1) is 0 Å². The second kappa shape index (κ2) is 5.74. The number of oxazole rings is 1. The summed E-state index contributed by atoms with van der Waals surface area (Å²) in [4.78, 5) is 14.1. The third-order valence-corrected chi connectivity index (χ3v) is 4.84. The lowest BCUT2D eigenvalue weighted by molar-refractivity contribution is -0.0264. The molecule has 3 rings (SSSR count). The van der Waals surface area contributed by atoms with Crippen LogP contribution in [-0.2, 0) is 4.74 Å². The Balaban J connectivity index is 1.64. The largest absolute Gasteiger partial charge is 0.417 e. The van der Waals surface area contributed by atoms with Gasteiger partial charge in [0.05, 0.1) is 11.6 Å². The summed E-state index contributed by atoms with van der Waals surface area (Å²) in [6.45, 7) is 2.85. The second-order valence-corrected chi connectivity index (χ2v) is 6.49. The highest BCUT2D eigenvalue weighted by Gasteiger charge is 2.31. The normalized spacial score (nSPS) is 23.7. The van der Waals surface area contributed by atoms with E-state index in [1.807, 2.05) is 25.1 Å². The fourth-order valence-corrected chi connectivity index (χ4v) is 3.64. The summed E-state index contributed by atoms with van der Waals surface area (Å²) in [7, 11) is 0. The van der Waals surface area contributed by atoms with Gasteiger partial charge in [-0.25, -0.2) is 4.79 Å². The van der Waals surface area contributed by atoms with Crippen molar-refractivity contribution >= 4 is 27.0 Å². The topological polar surface area (TPSA) is 55.2 Å². The third-order valence-electron chi connectivity index (χ3n) is 3.94. The molecule has 1 atom stereocenters. The first kappa shape index (κ1) is 13.9. The van der Waals surface area contributed by atoms with Gasteiger partial charge in [0, 0.05) is 11.4 Å². The van der Waals surface area contributed by atoms with Crippen LogP contribution in [0.15, 0.2) is 27.4 Å². The maximum absolute atomic E-state index is 11.2. The van der Waals surface area contributed by atoms with Crippen molar-refractivity contribution in [3.63, 3.8) is 0 Å². The fraction of sp³-hybridized carbons (Fsp3) is 0.533. The second-order valence-electron chi connectivity index (χ2n) is 5.39. The van der Waals surface area contributed by atoms with Gasteiger partial charge in [-0.3, -0.25) is 4.98 Å². The zero-order chi connectivity index (χ0) is 14.1. The summed E-state index contributed by atoms with van der Waals surface area (Å²) in [6, 6.07) is 5.87. The van der Waals surface area contributed by atoms with E-state index in [-0.39, 0.29) is 0 Å². The van der Waals surface area contributed by atoms with Crippen molar-refractivity contribution in [2.24, 2.45) is 5.92 Å². The van der Waals surface area contributed by atoms with Gasteiger partial charge < -0.3 is 9.15 Å². The number of H-pyrrole nitrogens is 1. The Morgan fingerprint density at radius 3 is 3.05 bits per heavy atom. The number of aromatic nitrogens is 1. The number of alkyl halides is 1. The van der Waals surface area contributed by atoms with E-state index >= 15 is 0 Å². The van der Waals surface area contributed by atoms with Crippen LogP contribution in [0.5, 0.6) is 0 Å². The zero-order valence-corrected chi connectivity index (χ0v) is 13.0. The molecule has 108 valence electrons. The van der Waals surface area contributed by atoms with Gasteiger partial charge in [0.25, 0.3) is 0 Å². The molecule has 1 aliphatic carbocycles. The first-order valence-corrected chi connectivity index (χ1v) is 7.95. The molecule has 1 heterocycles. The monoisotopic (exact) mass is 339 g/mol. The number of hydrogen-bond acceptors (Lipinski definition) is 3. The number of benzene rings is 1. The molecule has 1 unspecified atom stereocenters. The molecule has 0 bridgehead atoms. The number of nitrogens with one attached hydrogen (secondary N) is 1. The number of fused-ring (bicyclic) bond motifs is 1. The zero-order valence-electron chi connectivity index (χ0n) is 11.4. The Morgan fingerprint density at radius 1 is 1.50 bits per heavy atom. The molecule has 0 radical (unpaired) electrons. The first-order valence-electron chi connectivity index (χ1n) is 7.04. The van der Waals surface area contributed by atoms with E-state index in [0.717, 1.165) is 36.9 Å². The summed E-state index contributed by atoms with van der Waals surface area (Å²) < 4.78 is 10.7. The van der Waals surface area contributed by atoms with E-state index in [9.17, 15) is 4.79 Å². The summed E-state index contributed by atoms with van der Waals surface area (Å²) in [5.41, 5.74) is 2.52. The maximum atomic E-state index is 11.2. The molecule has 1 aromatic carbocycles. The van der Waals surface area contributed by atoms with Crippen molar-refractivity contribution < 1.29 is 9.15 Å². The predicted molar refractivity (Wildman–Crippen MR) is 81.3 cm³/mol. The molecule has 1 aromatic heterocycles. The standard InChI is InChI=1S/C15H18BrNO3/c1-2-19-11-5-9(6-11)7-12(16)10-3-4-13-14(8-10)20-15(18)17-13/h3-4,8-9,11-12H,2,5-7H2,1H3,(H,17,18). The van der Waals surface area contributed by atoms with E-state index in [2.05, 4.69) is 20.9 Å². The molecule has 5 heteroatoms. The predicted octanol–water partition coefficient (Wildman–Crippen LogP) is 3.76. The molecule has 1 fully saturated rings. The molecule has 0 saturated heterocycles. The van der Waals surface area contributed by atoms with Crippen molar-refractivity contribution in [2.75, 3.05) is 6.61 Å². The van der Waals surface area contributed by atoms with Crippen LogP contribution in [0.1, 0.15) is 36.6 Å². The third kappa shape index (κ3) is 2.83. The van der Waals surface area contributed by atoms with E-state index in [0.29, 0.717) is 22.4 Å². The lowest BCUT2D eigenvalue weighted by Crippen LogP contribution is -2.31. The van der Waals surface area contributed by atoms with Crippen molar-refractivity contribution in [3.05, 3.63) is 34.3 Å². The Hall–Kier alpha value is -1.07. The molecule has 4 nitrogen and oxygen atoms in total. The number of ether oxygens (including phenoxy) is 1. The van der Waals surface area contributed by atoms with Crippen molar-refractivity contribution in [3.8, 4) is 0 Å². The lowest BCUT2D eigenvalue weighted by atomic mass is 9.78.